The fourth-order valence-corrected chi connectivity index (χ4v) is 1.89. The van der Waals surface area contributed by atoms with Crippen molar-refractivity contribution in [3.63, 3.8) is 0 Å². The zero-order valence-electron chi connectivity index (χ0n) is 8.43. The van der Waals surface area contributed by atoms with Crippen LogP contribution in [0.15, 0.2) is 34.9 Å². The molecule has 0 saturated heterocycles. The smallest absolute Gasteiger partial charge is 0.272 e. The molecule has 6 heteroatoms. The van der Waals surface area contributed by atoms with E-state index < -0.39 is 5.82 Å². The second kappa shape index (κ2) is 4.89. The van der Waals surface area contributed by atoms with E-state index in [2.05, 4.69) is 26.2 Å². The van der Waals surface area contributed by atoms with Crippen LogP contribution in [0.2, 0.25) is 5.02 Å². The fourth-order valence-electron chi connectivity index (χ4n) is 1.32. The van der Waals surface area contributed by atoms with Gasteiger partial charge in [0, 0.05) is 21.4 Å². The van der Waals surface area contributed by atoms with Gasteiger partial charge in [-0.05, 0) is 40.2 Å². The highest BCUT2D eigenvalue weighted by Crippen LogP contribution is 2.19. The highest BCUT2D eigenvalue weighted by Gasteiger charge is 2.09. The van der Waals surface area contributed by atoms with Crippen LogP contribution >= 0.6 is 27.5 Å². The predicted molar refractivity (Wildman–Crippen MR) is 67.9 cm³/mol. The Morgan fingerprint density at radius 2 is 2.12 bits per heavy atom. The highest BCUT2D eigenvalue weighted by atomic mass is 79.9. The largest absolute Gasteiger partial charge is 0.356 e. The van der Waals surface area contributed by atoms with Gasteiger partial charge in [0.15, 0.2) is 0 Å². The van der Waals surface area contributed by atoms with E-state index in [1.165, 1.54) is 18.2 Å². The first-order chi connectivity index (χ1) is 8.04. The van der Waals surface area contributed by atoms with Crippen molar-refractivity contribution in [3.05, 3.63) is 51.5 Å². The third-order valence-electron chi connectivity index (χ3n) is 2.01. The quantitative estimate of drug-likeness (QED) is 0.869. The number of nitrogens with one attached hydrogen (secondary N) is 2. The van der Waals surface area contributed by atoms with Crippen LogP contribution in [-0.2, 0) is 0 Å². The van der Waals surface area contributed by atoms with Crippen molar-refractivity contribution in [2.24, 2.45) is 0 Å². The number of carbonyl (C=O) groups is 1. The zero-order valence-corrected chi connectivity index (χ0v) is 10.8. The maximum atomic E-state index is 13.0. The molecule has 0 saturated carbocycles. The number of halogens is 3. The highest BCUT2D eigenvalue weighted by molar-refractivity contribution is 9.10. The molecular formula is C11H7BrClFN2O. The lowest BCUT2D eigenvalue weighted by molar-refractivity contribution is 0.102. The van der Waals surface area contributed by atoms with Crippen molar-refractivity contribution in [2.45, 2.75) is 0 Å². The zero-order chi connectivity index (χ0) is 12.4. The Hall–Kier alpha value is -1.33. The van der Waals surface area contributed by atoms with Crippen molar-refractivity contribution in [1.29, 1.82) is 0 Å². The number of aromatic nitrogens is 1. The van der Waals surface area contributed by atoms with E-state index in [0.717, 1.165) is 4.47 Å². The molecule has 2 aromatic rings. The van der Waals surface area contributed by atoms with E-state index in [0.29, 0.717) is 11.4 Å². The molecule has 17 heavy (non-hydrogen) atoms. The maximum absolute atomic E-state index is 13.0. The number of hydrogen-bond acceptors (Lipinski definition) is 1. The summed E-state index contributed by atoms with van der Waals surface area (Å²) in [5, 5.41) is 2.77. The first-order valence-electron chi connectivity index (χ1n) is 4.66. The van der Waals surface area contributed by atoms with Crippen LogP contribution in [0.1, 0.15) is 10.5 Å². The second-order valence-corrected chi connectivity index (χ2v) is 4.70. The van der Waals surface area contributed by atoms with E-state index in [1.807, 2.05) is 0 Å². The van der Waals surface area contributed by atoms with Crippen molar-refractivity contribution in [1.82, 2.24) is 4.98 Å². The minimum absolute atomic E-state index is 0.230. The van der Waals surface area contributed by atoms with Crippen molar-refractivity contribution in [3.8, 4) is 0 Å². The van der Waals surface area contributed by atoms with Gasteiger partial charge in [0.2, 0.25) is 0 Å². The minimum Gasteiger partial charge on any atom is -0.356 e. The molecule has 0 bridgehead atoms. The summed E-state index contributed by atoms with van der Waals surface area (Å²) in [7, 11) is 0. The molecule has 0 aliphatic carbocycles. The monoisotopic (exact) mass is 316 g/mol. The summed E-state index contributed by atoms with van der Waals surface area (Å²) in [5.74, 6) is -0.863. The number of H-pyrrole nitrogens is 1. The Labute approximate surface area is 110 Å². The molecule has 0 atom stereocenters. The van der Waals surface area contributed by atoms with Crippen LogP contribution in [0.25, 0.3) is 0 Å². The Balaban J connectivity index is 2.18. The summed E-state index contributed by atoms with van der Waals surface area (Å²) in [5.41, 5.74) is 0.683. The molecule has 0 aliphatic heterocycles. The number of hydrogen-bond donors (Lipinski definition) is 2. The molecular weight excluding hydrogens is 310 g/mol. The third kappa shape index (κ3) is 3.08. The topological polar surface area (TPSA) is 44.9 Å². The lowest BCUT2D eigenvalue weighted by Gasteiger charge is -2.04. The van der Waals surface area contributed by atoms with Gasteiger partial charge in [-0.15, -0.1) is 0 Å². The normalized spacial score (nSPS) is 10.3. The first-order valence-corrected chi connectivity index (χ1v) is 5.83. The molecule has 2 rings (SSSR count). The third-order valence-corrected chi connectivity index (χ3v) is 2.69. The van der Waals surface area contributed by atoms with Crippen molar-refractivity contribution < 1.29 is 9.18 Å². The van der Waals surface area contributed by atoms with Gasteiger partial charge in [0.25, 0.3) is 5.91 Å². The molecule has 0 unspecified atom stereocenters. The molecule has 3 nitrogen and oxygen atoms in total. The Bertz CT molecular complexity index is 550. The van der Waals surface area contributed by atoms with Gasteiger partial charge in [-0.25, -0.2) is 4.39 Å². The van der Waals surface area contributed by atoms with Gasteiger partial charge in [-0.1, -0.05) is 11.6 Å². The minimum atomic E-state index is -0.500. The summed E-state index contributed by atoms with van der Waals surface area (Å²) >= 11 is 8.89. The second-order valence-electron chi connectivity index (χ2n) is 3.34. The number of benzene rings is 1. The predicted octanol–water partition coefficient (Wildman–Crippen LogP) is 3.82. The number of rotatable bonds is 2. The summed E-state index contributed by atoms with van der Waals surface area (Å²) in [6, 6.07) is 5.46. The molecule has 0 radical (unpaired) electrons. The fraction of sp³-hybridized carbons (Fsp3) is 0. The summed E-state index contributed by atoms with van der Waals surface area (Å²) in [6.07, 6.45) is 1.63. The van der Waals surface area contributed by atoms with Crippen LogP contribution in [0.3, 0.4) is 0 Å². The summed E-state index contributed by atoms with van der Waals surface area (Å²) in [6.45, 7) is 0. The lowest BCUT2D eigenvalue weighted by Crippen LogP contribution is -2.12. The molecule has 2 N–H and O–H groups in total. The maximum Gasteiger partial charge on any atom is 0.272 e. The SMILES string of the molecule is O=C(Nc1cc(F)cc(Cl)c1)c1cc(Br)c[nH]1. The van der Waals surface area contributed by atoms with E-state index in [4.69, 9.17) is 11.6 Å². The van der Waals surface area contributed by atoms with Crippen LogP contribution in [0.4, 0.5) is 10.1 Å². The summed E-state index contributed by atoms with van der Waals surface area (Å²) < 4.78 is 13.8. The van der Waals surface area contributed by atoms with Crippen LogP contribution < -0.4 is 5.32 Å². The molecule has 0 fully saturated rings. The van der Waals surface area contributed by atoms with Gasteiger partial charge in [-0.2, -0.15) is 0 Å². The standard InChI is InChI=1S/C11H7BrClFN2O/c12-6-1-10(15-5-6)11(17)16-9-3-7(13)2-8(14)4-9/h1-5,15H,(H,16,17). The van der Waals surface area contributed by atoms with Crippen molar-refractivity contribution in [2.75, 3.05) is 5.32 Å². The van der Waals surface area contributed by atoms with Gasteiger partial charge in [0.1, 0.15) is 11.5 Å². The van der Waals surface area contributed by atoms with Gasteiger partial charge < -0.3 is 10.3 Å². The number of aromatic amines is 1. The van der Waals surface area contributed by atoms with E-state index in [1.54, 1.807) is 12.3 Å². The Morgan fingerprint density at radius 1 is 1.35 bits per heavy atom. The van der Waals surface area contributed by atoms with E-state index >= 15 is 0 Å². The van der Waals surface area contributed by atoms with Gasteiger partial charge in [-0.3, -0.25) is 4.79 Å². The van der Waals surface area contributed by atoms with Crippen molar-refractivity contribution >= 4 is 39.1 Å². The summed E-state index contributed by atoms with van der Waals surface area (Å²) in [4.78, 5) is 14.5. The average Bonchev–Trinajstić information content (AvgIpc) is 2.63. The lowest BCUT2D eigenvalue weighted by atomic mass is 10.3. The van der Waals surface area contributed by atoms with Gasteiger partial charge in [0.05, 0.1) is 0 Å². The number of amides is 1. The Kier molecular flexibility index (Phi) is 3.49. The first kappa shape index (κ1) is 12.1. The molecule has 1 heterocycles. The molecule has 1 amide bonds. The van der Waals surface area contributed by atoms with E-state index in [-0.39, 0.29) is 10.9 Å². The van der Waals surface area contributed by atoms with E-state index in [9.17, 15) is 9.18 Å². The number of anilines is 1. The molecule has 88 valence electrons. The Morgan fingerprint density at radius 3 is 2.71 bits per heavy atom. The van der Waals surface area contributed by atoms with Gasteiger partial charge >= 0.3 is 0 Å². The van der Waals surface area contributed by atoms with Crippen LogP contribution in [0.5, 0.6) is 0 Å². The van der Waals surface area contributed by atoms with Crippen LogP contribution in [0, 0.1) is 5.82 Å². The number of carbonyl (C=O) groups excluding carboxylic acids is 1. The molecule has 1 aromatic heterocycles. The average molecular weight is 318 g/mol. The molecule has 1 aromatic carbocycles. The molecule has 0 spiro atoms. The van der Waals surface area contributed by atoms with Crippen LogP contribution in [-0.4, -0.2) is 10.9 Å². The molecule has 0 aliphatic rings.